The number of hydrogen-bond acceptors (Lipinski definition) is 1. The minimum absolute atomic E-state index is 0.0125. The fourth-order valence-electron chi connectivity index (χ4n) is 2.07. The van der Waals surface area contributed by atoms with Gasteiger partial charge in [0.15, 0.2) is 0 Å². The Morgan fingerprint density at radius 1 is 1.47 bits per heavy atom. The Hall–Kier alpha value is -1.50. The third-order valence-corrected chi connectivity index (χ3v) is 3.49. The van der Waals surface area contributed by atoms with Crippen molar-refractivity contribution >= 4 is 32.8 Å². The Kier molecular flexibility index (Phi) is 3.34. The zero-order valence-corrected chi connectivity index (χ0v) is 11.3. The number of carbonyl (C=O) groups is 1. The van der Waals surface area contributed by atoms with E-state index in [4.69, 9.17) is 5.11 Å². The van der Waals surface area contributed by atoms with Gasteiger partial charge in [0.25, 0.3) is 0 Å². The van der Waals surface area contributed by atoms with E-state index in [-0.39, 0.29) is 11.1 Å². The molecule has 1 aromatic carbocycles. The summed E-state index contributed by atoms with van der Waals surface area (Å²) in [6.45, 7) is 0.359. The molecule has 19 heavy (non-hydrogen) atoms. The van der Waals surface area contributed by atoms with E-state index in [0.29, 0.717) is 15.4 Å². The molecule has 0 fully saturated rings. The summed E-state index contributed by atoms with van der Waals surface area (Å²) in [4.78, 5) is 11.1. The van der Waals surface area contributed by atoms with Crippen molar-refractivity contribution in [1.29, 1.82) is 0 Å². The second-order valence-electron chi connectivity index (χ2n) is 4.16. The topological polar surface area (TPSA) is 42.2 Å². The van der Waals surface area contributed by atoms with Gasteiger partial charge in [-0.05, 0) is 24.6 Å². The lowest BCUT2D eigenvalue weighted by atomic mass is 10.1. The van der Waals surface area contributed by atoms with Crippen LogP contribution in [0.5, 0.6) is 0 Å². The van der Waals surface area contributed by atoms with Crippen LogP contribution < -0.4 is 0 Å². The molecule has 0 saturated carbocycles. The monoisotopic (exact) mass is 335 g/mol. The average Bonchev–Trinajstić information content (AvgIpc) is 2.65. The van der Waals surface area contributed by atoms with E-state index >= 15 is 0 Å². The molecule has 0 aliphatic rings. The van der Waals surface area contributed by atoms with Crippen LogP contribution in [0.1, 0.15) is 15.9 Å². The summed E-state index contributed by atoms with van der Waals surface area (Å²) < 4.78 is 38.9. The molecule has 2 rings (SSSR count). The summed E-state index contributed by atoms with van der Waals surface area (Å²) >= 11 is 3.19. The molecule has 0 radical (unpaired) electrons. The third kappa shape index (κ3) is 2.60. The Morgan fingerprint density at radius 3 is 2.63 bits per heavy atom. The highest BCUT2D eigenvalue weighted by Gasteiger charge is 2.29. The first kappa shape index (κ1) is 13.9. The molecule has 7 heteroatoms. The smallest absolute Gasteiger partial charge is 0.406 e. The predicted molar refractivity (Wildman–Crippen MR) is 67.4 cm³/mol. The van der Waals surface area contributed by atoms with Crippen LogP contribution in [0, 0.1) is 6.92 Å². The molecular formula is C12H9BrF3NO2. The number of aromatic carboxylic acids is 1. The maximum absolute atomic E-state index is 12.5. The number of benzene rings is 1. The van der Waals surface area contributed by atoms with Crippen LogP contribution in [0.25, 0.3) is 10.9 Å². The molecule has 0 amide bonds. The highest BCUT2D eigenvalue weighted by molar-refractivity contribution is 9.10. The molecule has 0 aliphatic heterocycles. The Balaban J connectivity index is 2.72. The first-order chi connectivity index (χ1) is 8.70. The zero-order chi connectivity index (χ0) is 14.4. The quantitative estimate of drug-likeness (QED) is 0.902. The lowest BCUT2D eigenvalue weighted by Crippen LogP contribution is -2.17. The van der Waals surface area contributed by atoms with Gasteiger partial charge in [-0.25, -0.2) is 4.79 Å². The number of carboxylic acid groups (broad SMARTS) is 1. The van der Waals surface area contributed by atoms with Gasteiger partial charge in [-0.3, -0.25) is 0 Å². The van der Waals surface area contributed by atoms with E-state index in [9.17, 15) is 18.0 Å². The van der Waals surface area contributed by atoms with Gasteiger partial charge < -0.3 is 9.67 Å². The molecule has 102 valence electrons. The van der Waals surface area contributed by atoms with E-state index in [1.807, 2.05) is 0 Å². The van der Waals surface area contributed by atoms with E-state index < -0.39 is 18.7 Å². The summed E-state index contributed by atoms with van der Waals surface area (Å²) in [5.74, 6) is -1.17. The molecular weight excluding hydrogens is 327 g/mol. The van der Waals surface area contributed by atoms with Gasteiger partial charge >= 0.3 is 12.1 Å². The molecule has 1 aromatic heterocycles. The van der Waals surface area contributed by atoms with Crippen LogP contribution in [-0.4, -0.2) is 21.8 Å². The summed E-state index contributed by atoms with van der Waals surface area (Å²) in [5.41, 5.74) is 0.588. The van der Waals surface area contributed by atoms with Crippen molar-refractivity contribution < 1.29 is 23.1 Å². The summed E-state index contributed by atoms with van der Waals surface area (Å²) in [5, 5.41) is 9.62. The summed E-state index contributed by atoms with van der Waals surface area (Å²) in [6.07, 6.45) is -3.05. The maximum Gasteiger partial charge on any atom is 0.406 e. The highest BCUT2D eigenvalue weighted by Crippen LogP contribution is 2.32. The lowest BCUT2D eigenvalue weighted by Gasteiger charge is -2.12. The molecule has 3 nitrogen and oxygen atoms in total. The number of aromatic nitrogens is 1. The Morgan fingerprint density at radius 2 is 2.11 bits per heavy atom. The number of carboxylic acids is 1. The fourth-order valence-corrected chi connectivity index (χ4v) is 2.62. The van der Waals surface area contributed by atoms with Crippen molar-refractivity contribution in [3.05, 3.63) is 33.9 Å². The van der Waals surface area contributed by atoms with E-state index in [1.54, 1.807) is 0 Å². The van der Waals surface area contributed by atoms with Crippen molar-refractivity contribution in [2.45, 2.75) is 19.6 Å². The number of aryl methyl sites for hydroxylation is 1. The number of alkyl halides is 3. The third-order valence-electron chi connectivity index (χ3n) is 2.83. The van der Waals surface area contributed by atoms with E-state index in [0.717, 1.165) is 4.57 Å². The van der Waals surface area contributed by atoms with Crippen molar-refractivity contribution in [1.82, 2.24) is 4.57 Å². The van der Waals surface area contributed by atoms with Crippen LogP contribution in [-0.2, 0) is 6.54 Å². The van der Waals surface area contributed by atoms with Crippen molar-refractivity contribution in [2.24, 2.45) is 0 Å². The number of rotatable bonds is 2. The van der Waals surface area contributed by atoms with E-state index in [1.165, 1.54) is 25.3 Å². The van der Waals surface area contributed by atoms with Gasteiger partial charge in [-0.15, -0.1) is 0 Å². The molecule has 0 atom stereocenters. The lowest BCUT2D eigenvalue weighted by molar-refractivity contribution is -0.139. The minimum atomic E-state index is -4.36. The van der Waals surface area contributed by atoms with Crippen molar-refractivity contribution in [2.75, 3.05) is 0 Å². The standard InChI is InChI=1S/C12H9BrF3NO2/c1-6-8(11(18)19)4-9(13)7-2-3-17(10(6)7)5-12(14,15)16/h2-4H,5H2,1H3,(H,18,19). The number of nitrogens with zero attached hydrogens (tertiary/aromatic N) is 1. The SMILES string of the molecule is Cc1c(C(=O)O)cc(Br)c2ccn(CC(F)(F)F)c12. The number of hydrogen-bond donors (Lipinski definition) is 1. The molecule has 1 heterocycles. The molecule has 0 spiro atoms. The zero-order valence-electron chi connectivity index (χ0n) is 9.75. The van der Waals surface area contributed by atoms with Crippen LogP contribution in [0.3, 0.4) is 0 Å². The predicted octanol–water partition coefficient (Wildman–Crippen LogP) is 3.97. The van der Waals surface area contributed by atoms with Crippen molar-refractivity contribution in [3.8, 4) is 0 Å². The molecule has 1 N–H and O–H groups in total. The highest BCUT2D eigenvalue weighted by atomic mass is 79.9. The maximum atomic E-state index is 12.5. The largest absolute Gasteiger partial charge is 0.478 e. The van der Waals surface area contributed by atoms with Gasteiger partial charge in [0.1, 0.15) is 6.54 Å². The van der Waals surface area contributed by atoms with Crippen LogP contribution in [0.2, 0.25) is 0 Å². The molecule has 0 aliphatic carbocycles. The molecule has 2 aromatic rings. The van der Waals surface area contributed by atoms with Crippen molar-refractivity contribution in [3.63, 3.8) is 0 Å². The Labute approximate surface area is 114 Å². The first-order valence-electron chi connectivity index (χ1n) is 5.28. The average molecular weight is 336 g/mol. The summed E-state index contributed by atoms with van der Waals surface area (Å²) in [6, 6.07) is 2.93. The fraction of sp³-hybridized carbons (Fsp3) is 0.250. The van der Waals surface area contributed by atoms with Crippen LogP contribution in [0.4, 0.5) is 13.2 Å². The van der Waals surface area contributed by atoms with Gasteiger partial charge in [0, 0.05) is 16.1 Å². The number of fused-ring (bicyclic) bond motifs is 1. The Bertz CT molecular complexity index is 661. The van der Waals surface area contributed by atoms with E-state index in [2.05, 4.69) is 15.9 Å². The second-order valence-corrected chi connectivity index (χ2v) is 5.01. The van der Waals surface area contributed by atoms with Crippen LogP contribution >= 0.6 is 15.9 Å². The van der Waals surface area contributed by atoms with Gasteiger partial charge in [0.2, 0.25) is 0 Å². The number of halogens is 4. The minimum Gasteiger partial charge on any atom is -0.478 e. The molecule has 0 unspecified atom stereocenters. The summed E-state index contributed by atoms with van der Waals surface area (Å²) in [7, 11) is 0. The molecule has 0 bridgehead atoms. The van der Waals surface area contributed by atoms with Gasteiger partial charge in [0.05, 0.1) is 11.1 Å². The molecule has 0 saturated heterocycles. The van der Waals surface area contributed by atoms with Gasteiger partial charge in [-0.2, -0.15) is 13.2 Å². The second kappa shape index (κ2) is 4.56. The van der Waals surface area contributed by atoms with Crippen LogP contribution in [0.15, 0.2) is 22.8 Å². The first-order valence-corrected chi connectivity index (χ1v) is 6.08. The normalized spacial score (nSPS) is 12.1. The van der Waals surface area contributed by atoms with Gasteiger partial charge in [-0.1, -0.05) is 15.9 Å².